The summed E-state index contributed by atoms with van der Waals surface area (Å²) in [5.74, 6) is 1.12. The zero-order valence-electron chi connectivity index (χ0n) is 37.0. The van der Waals surface area contributed by atoms with E-state index in [1.165, 1.54) is 99.4 Å². The van der Waals surface area contributed by atoms with E-state index in [4.69, 9.17) is 17.0 Å². The van der Waals surface area contributed by atoms with Crippen LogP contribution >= 0.6 is 17.0 Å². The predicted molar refractivity (Wildman–Crippen MR) is 247 cm³/mol. The van der Waals surface area contributed by atoms with Crippen LogP contribution in [-0.4, -0.2) is 0 Å². The van der Waals surface area contributed by atoms with Gasteiger partial charge in [-0.3, -0.25) is 0 Å². The van der Waals surface area contributed by atoms with Crippen molar-refractivity contribution in [2.24, 2.45) is 0 Å². The molecule has 6 rings (SSSR count). The molecule has 0 fully saturated rings. The number of hydrogen-bond donors (Lipinski definition) is 0. The Bertz CT molecular complexity index is 2010. The molecule has 0 aliphatic carbocycles. The van der Waals surface area contributed by atoms with E-state index < -0.39 is 20.8 Å². The van der Waals surface area contributed by atoms with Crippen LogP contribution in [0.3, 0.4) is 0 Å². The summed E-state index contributed by atoms with van der Waals surface area (Å²) in [4.78, 5) is 0. The molecule has 296 valence electrons. The Morgan fingerprint density at radius 1 is 0.491 bits per heavy atom. The maximum absolute atomic E-state index is 4.93. The van der Waals surface area contributed by atoms with Gasteiger partial charge in [0.05, 0.1) is 0 Å². The summed E-state index contributed by atoms with van der Waals surface area (Å²) in [6.07, 6.45) is 0. The van der Waals surface area contributed by atoms with Gasteiger partial charge < -0.3 is 6.92 Å². The van der Waals surface area contributed by atoms with E-state index in [1.807, 2.05) is 0 Å². The van der Waals surface area contributed by atoms with Gasteiger partial charge in [-0.1, -0.05) is 165 Å². The van der Waals surface area contributed by atoms with Gasteiger partial charge in [0.25, 0.3) is 0 Å². The number of hydrogen-bond acceptors (Lipinski definition) is 0. The van der Waals surface area contributed by atoms with Gasteiger partial charge in [-0.15, -0.1) is 55.9 Å². The molecule has 0 radical (unpaired) electrons. The molecule has 0 unspecified atom stereocenters. The quantitative estimate of drug-likeness (QED) is 0.155. The molecule has 0 heterocycles. The van der Waals surface area contributed by atoms with Crippen LogP contribution in [0.2, 0.25) is 0 Å². The topological polar surface area (TPSA) is 0 Å². The van der Waals surface area contributed by atoms with Crippen LogP contribution in [0.15, 0.2) is 72.8 Å². The Labute approximate surface area is 354 Å². The first-order valence-corrected chi connectivity index (χ1v) is 26.3. The third kappa shape index (κ3) is 10.6. The predicted octanol–water partition coefficient (Wildman–Crippen LogP) is 17.4. The summed E-state index contributed by atoms with van der Waals surface area (Å²) in [6, 6.07) is 28.0. The van der Waals surface area contributed by atoms with Gasteiger partial charge in [0.15, 0.2) is 0 Å². The van der Waals surface area contributed by atoms with Gasteiger partial charge in [0.1, 0.15) is 0 Å². The number of aryl methyl sites for hydroxylation is 2. The van der Waals surface area contributed by atoms with E-state index in [9.17, 15) is 0 Å². The first-order valence-electron chi connectivity index (χ1n) is 19.9. The second-order valence-corrected chi connectivity index (χ2v) is 21.5. The third-order valence-corrected chi connectivity index (χ3v) is 11.6. The van der Waals surface area contributed by atoms with Crippen molar-refractivity contribution < 1.29 is 20.8 Å². The normalized spacial score (nSPS) is 11.6. The van der Waals surface area contributed by atoms with Gasteiger partial charge in [0, 0.05) is 0 Å². The van der Waals surface area contributed by atoms with Crippen LogP contribution in [0.5, 0.6) is 0 Å². The number of halogens is 2. The van der Waals surface area contributed by atoms with Gasteiger partial charge in [-0.2, -0.15) is 19.1 Å². The second kappa shape index (κ2) is 19.3. The Morgan fingerprint density at radius 2 is 0.764 bits per heavy atom. The van der Waals surface area contributed by atoms with Crippen molar-refractivity contribution in [2.45, 2.75) is 140 Å². The van der Waals surface area contributed by atoms with Gasteiger partial charge >= 0.3 is 37.9 Å². The molecule has 3 heteroatoms. The number of fused-ring (bicyclic) bond motifs is 2. The van der Waals surface area contributed by atoms with E-state index in [1.54, 1.807) is 6.92 Å². The first-order chi connectivity index (χ1) is 25.6. The average Bonchev–Trinajstić information content (AvgIpc) is 3.78. The number of benzene rings is 4. The number of rotatable bonds is 4. The summed E-state index contributed by atoms with van der Waals surface area (Å²) >= 11 is -0.826. The molecule has 55 heavy (non-hydrogen) atoms. The van der Waals surface area contributed by atoms with Crippen molar-refractivity contribution >= 4 is 38.6 Å². The zero-order valence-corrected chi connectivity index (χ0v) is 41.0. The molecule has 0 aliphatic rings. The molecular weight excluding hydrogens is 787 g/mol. The van der Waals surface area contributed by atoms with Crippen LogP contribution in [0, 0.1) is 48.5 Å². The van der Waals surface area contributed by atoms with Crippen molar-refractivity contribution in [3.8, 4) is 22.3 Å². The average molecular weight is 854 g/mol. The fourth-order valence-corrected chi connectivity index (χ4v) is 7.53. The standard InChI is InChI=1S/2C25H31.C2H5.2ClH.Zr/c2*1-15(2)20-13-22-17(4)16(3)18(5)24(23(22)14-20)19-9-11-21(12-10-19)25(6,7)8;1-2;;;/h2*9-15H,1-8H3;1H2,2H3;2*1H;/q3*-1;;;+2/p-2. The SMILES string of the molecule is Cc1c(C)c(C)c2[cH-]c(C(C)C)cc2c1-c1ccc(C(C)(C)C)cc1.Cc1c(C)c(C)c2[cH-]c(C(C)C)cc2c1-c1ccc(C(C)(C)C)cc1.[CH2-]C.[Cl][Zr][Cl]. The van der Waals surface area contributed by atoms with Crippen LogP contribution in [-0.2, 0) is 31.7 Å². The van der Waals surface area contributed by atoms with Crippen LogP contribution in [0.4, 0.5) is 0 Å². The van der Waals surface area contributed by atoms with Crippen molar-refractivity contribution in [2.75, 3.05) is 0 Å². The fraction of sp³-hybridized carbons (Fsp3) is 0.404. The van der Waals surface area contributed by atoms with Crippen LogP contribution < -0.4 is 0 Å². The van der Waals surface area contributed by atoms with E-state index in [2.05, 4.69) is 190 Å². The maximum atomic E-state index is 4.93. The summed E-state index contributed by atoms with van der Waals surface area (Å²) in [6.45, 7) is 41.3. The van der Waals surface area contributed by atoms with Gasteiger partial charge in [0.2, 0.25) is 0 Å². The molecule has 0 aromatic heterocycles. The van der Waals surface area contributed by atoms with Crippen molar-refractivity contribution in [1.29, 1.82) is 0 Å². The molecule has 0 atom stereocenters. The molecule has 0 nitrogen and oxygen atoms in total. The van der Waals surface area contributed by atoms with Crippen LogP contribution in [0.25, 0.3) is 43.8 Å². The molecule has 0 amide bonds. The molecule has 6 aromatic rings. The minimum absolute atomic E-state index is 0.192. The molecule has 0 bridgehead atoms. The first kappa shape index (κ1) is 46.9. The molecule has 0 aliphatic heterocycles. The van der Waals surface area contributed by atoms with Crippen LogP contribution in [0.1, 0.15) is 144 Å². The molecule has 0 spiro atoms. The fourth-order valence-electron chi connectivity index (χ4n) is 7.53. The van der Waals surface area contributed by atoms with Gasteiger partial charge in [-0.05, 0) is 72.6 Å². The summed E-state index contributed by atoms with van der Waals surface area (Å²) < 4.78 is 0. The molecule has 6 aromatic carbocycles. The third-order valence-electron chi connectivity index (χ3n) is 11.6. The molecular formula is C52H67Cl2Zr-3. The van der Waals surface area contributed by atoms with E-state index >= 15 is 0 Å². The van der Waals surface area contributed by atoms with Gasteiger partial charge in [-0.25, -0.2) is 0 Å². The Morgan fingerprint density at radius 3 is 1.00 bits per heavy atom. The van der Waals surface area contributed by atoms with E-state index in [0.29, 0.717) is 11.8 Å². The Balaban J connectivity index is 0.000000265. The molecule has 0 N–H and O–H groups in total. The van der Waals surface area contributed by atoms with E-state index in [0.717, 1.165) is 0 Å². The molecule has 0 saturated heterocycles. The van der Waals surface area contributed by atoms with E-state index in [-0.39, 0.29) is 10.8 Å². The summed E-state index contributed by atoms with van der Waals surface area (Å²) in [5.41, 5.74) is 20.0. The Kier molecular flexibility index (Phi) is 16.5. The minimum atomic E-state index is -0.826. The van der Waals surface area contributed by atoms with Crippen molar-refractivity contribution in [1.82, 2.24) is 0 Å². The monoisotopic (exact) mass is 851 g/mol. The zero-order chi connectivity index (χ0) is 41.7. The second-order valence-electron chi connectivity index (χ2n) is 17.8. The van der Waals surface area contributed by atoms with Crippen molar-refractivity contribution in [3.63, 3.8) is 0 Å². The summed E-state index contributed by atoms with van der Waals surface area (Å²) in [5, 5.41) is 5.66. The summed E-state index contributed by atoms with van der Waals surface area (Å²) in [7, 11) is 9.87. The molecule has 0 saturated carbocycles. The Hall–Kier alpha value is -2.44. The van der Waals surface area contributed by atoms with Crippen molar-refractivity contribution in [3.05, 3.63) is 135 Å².